The highest BCUT2D eigenvalue weighted by molar-refractivity contribution is 7.98. The Morgan fingerprint density at radius 2 is 1.81 bits per heavy atom. The van der Waals surface area contributed by atoms with Crippen molar-refractivity contribution in [2.24, 2.45) is 5.92 Å². The minimum atomic E-state index is -4.32. The minimum absolute atomic E-state index is 0.0418. The third-order valence-corrected chi connectivity index (χ3v) is 5.99. The normalized spacial score (nSPS) is 25.9. The molecule has 0 bridgehead atoms. The fourth-order valence-electron chi connectivity index (χ4n) is 3.30. The van der Waals surface area contributed by atoms with Gasteiger partial charge in [0.2, 0.25) is 0 Å². The van der Waals surface area contributed by atoms with E-state index in [0.29, 0.717) is 5.92 Å². The van der Waals surface area contributed by atoms with E-state index in [9.17, 15) is 13.2 Å². The molecule has 0 saturated heterocycles. The lowest BCUT2D eigenvalue weighted by molar-refractivity contribution is -0.162. The van der Waals surface area contributed by atoms with E-state index in [1.54, 1.807) is 11.9 Å². The SMILES string of the molecule is CC(C)(C)SNCC1CCC(Nc2nc(C3(C(F)(F)F)CC3)no2)CC1. The van der Waals surface area contributed by atoms with Crippen LogP contribution in [-0.4, -0.2) is 33.7 Å². The molecule has 26 heavy (non-hydrogen) atoms. The van der Waals surface area contributed by atoms with E-state index in [0.717, 1.165) is 32.2 Å². The number of nitrogens with zero attached hydrogens (tertiary/aromatic N) is 2. The summed E-state index contributed by atoms with van der Waals surface area (Å²) in [4.78, 5) is 3.98. The molecule has 0 aliphatic heterocycles. The average Bonchev–Trinajstić information content (AvgIpc) is 3.23. The van der Waals surface area contributed by atoms with Crippen LogP contribution in [0.15, 0.2) is 4.52 Å². The third-order valence-electron chi connectivity index (χ3n) is 5.07. The zero-order valence-corrected chi connectivity index (χ0v) is 16.3. The van der Waals surface area contributed by atoms with Crippen LogP contribution in [0.2, 0.25) is 0 Å². The molecule has 5 nitrogen and oxygen atoms in total. The van der Waals surface area contributed by atoms with Crippen LogP contribution in [0.4, 0.5) is 19.2 Å². The van der Waals surface area contributed by atoms with Gasteiger partial charge in [-0.05, 0) is 65.2 Å². The Bertz CT molecular complexity index is 602. The van der Waals surface area contributed by atoms with Gasteiger partial charge in [-0.15, -0.1) is 0 Å². The van der Waals surface area contributed by atoms with Crippen molar-refractivity contribution >= 4 is 18.0 Å². The predicted molar refractivity (Wildman–Crippen MR) is 96.0 cm³/mol. The lowest BCUT2D eigenvalue weighted by atomic mass is 9.86. The molecule has 9 heteroatoms. The van der Waals surface area contributed by atoms with Crippen LogP contribution in [-0.2, 0) is 5.41 Å². The van der Waals surface area contributed by atoms with Gasteiger partial charge >= 0.3 is 12.2 Å². The van der Waals surface area contributed by atoms with Crippen molar-refractivity contribution in [3.63, 3.8) is 0 Å². The van der Waals surface area contributed by atoms with Crippen molar-refractivity contribution in [1.29, 1.82) is 0 Å². The lowest BCUT2D eigenvalue weighted by Crippen LogP contribution is -2.31. The zero-order chi connectivity index (χ0) is 19.0. The molecule has 2 saturated carbocycles. The Hall–Kier alpha value is -0.960. The second-order valence-electron chi connectivity index (χ2n) is 8.43. The van der Waals surface area contributed by atoms with Gasteiger partial charge in [0.05, 0.1) is 0 Å². The maximum absolute atomic E-state index is 13.1. The first kappa shape index (κ1) is 19.8. The van der Waals surface area contributed by atoms with Crippen LogP contribution in [0.1, 0.15) is 65.1 Å². The summed E-state index contributed by atoms with van der Waals surface area (Å²) in [5, 5.41) is 6.70. The van der Waals surface area contributed by atoms with Crippen molar-refractivity contribution in [2.75, 3.05) is 11.9 Å². The van der Waals surface area contributed by atoms with Crippen molar-refractivity contribution in [3.8, 4) is 0 Å². The number of alkyl halides is 3. The summed E-state index contributed by atoms with van der Waals surface area (Å²) in [5.41, 5.74) is -1.88. The van der Waals surface area contributed by atoms with Crippen LogP contribution in [0.5, 0.6) is 0 Å². The van der Waals surface area contributed by atoms with Gasteiger partial charge < -0.3 is 9.84 Å². The van der Waals surface area contributed by atoms with E-state index in [-0.39, 0.29) is 35.5 Å². The number of anilines is 1. The molecule has 2 N–H and O–H groups in total. The molecule has 1 heterocycles. The Morgan fingerprint density at radius 3 is 2.35 bits per heavy atom. The smallest absolute Gasteiger partial charge is 0.335 e. The van der Waals surface area contributed by atoms with Gasteiger partial charge in [0.1, 0.15) is 5.41 Å². The van der Waals surface area contributed by atoms with Crippen LogP contribution < -0.4 is 10.0 Å². The van der Waals surface area contributed by atoms with Gasteiger partial charge in [-0.25, -0.2) is 0 Å². The number of hydrogen-bond donors (Lipinski definition) is 2. The van der Waals surface area contributed by atoms with E-state index in [1.807, 2.05) is 0 Å². The minimum Gasteiger partial charge on any atom is -0.335 e. The lowest BCUT2D eigenvalue weighted by Gasteiger charge is -2.29. The summed E-state index contributed by atoms with van der Waals surface area (Å²) in [6, 6.07) is 0.288. The monoisotopic (exact) mass is 392 g/mol. The predicted octanol–water partition coefficient (Wildman–Crippen LogP) is 4.67. The second kappa shape index (κ2) is 7.22. The number of nitrogens with one attached hydrogen (secondary N) is 2. The van der Waals surface area contributed by atoms with Crippen LogP contribution in [0, 0.1) is 5.92 Å². The van der Waals surface area contributed by atoms with Gasteiger partial charge in [-0.1, -0.05) is 17.1 Å². The van der Waals surface area contributed by atoms with E-state index in [4.69, 9.17) is 4.52 Å². The quantitative estimate of drug-likeness (QED) is 0.686. The van der Waals surface area contributed by atoms with E-state index in [2.05, 4.69) is 41.0 Å². The van der Waals surface area contributed by atoms with Gasteiger partial charge in [0.15, 0.2) is 5.82 Å². The first-order valence-electron chi connectivity index (χ1n) is 9.17. The number of hydrogen-bond acceptors (Lipinski definition) is 6. The molecule has 1 aromatic heterocycles. The van der Waals surface area contributed by atoms with Gasteiger partial charge in [-0.2, -0.15) is 18.2 Å². The van der Waals surface area contributed by atoms with Crippen molar-refractivity contribution < 1.29 is 17.7 Å². The highest BCUT2D eigenvalue weighted by atomic mass is 32.2. The first-order valence-corrected chi connectivity index (χ1v) is 9.99. The van der Waals surface area contributed by atoms with Gasteiger partial charge in [-0.3, -0.25) is 4.72 Å². The Morgan fingerprint density at radius 1 is 1.15 bits per heavy atom. The Balaban J connectivity index is 1.44. The fourth-order valence-corrected chi connectivity index (χ4v) is 4.05. The molecule has 0 atom stereocenters. The molecular weight excluding hydrogens is 365 g/mol. The molecule has 0 radical (unpaired) electrons. The summed E-state index contributed by atoms with van der Waals surface area (Å²) in [7, 11) is 0. The largest absolute Gasteiger partial charge is 0.401 e. The van der Waals surface area contributed by atoms with Crippen molar-refractivity contribution in [2.45, 2.75) is 81.7 Å². The first-order chi connectivity index (χ1) is 12.1. The maximum atomic E-state index is 13.1. The van der Waals surface area contributed by atoms with Crippen molar-refractivity contribution in [3.05, 3.63) is 5.82 Å². The Labute approximate surface area is 156 Å². The molecule has 2 fully saturated rings. The van der Waals surface area contributed by atoms with E-state index < -0.39 is 11.6 Å². The van der Waals surface area contributed by atoms with Crippen LogP contribution >= 0.6 is 11.9 Å². The van der Waals surface area contributed by atoms with Gasteiger partial charge in [0, 0.05) is 17.3 Å². The summed E-state index contributed by atoms with van der Waals surface area (Å²) in [6.45, 7) is 7.51. The molecule has 148 valence electrons. The van der Waals surface area contributed by atoms with E-state index in [1.165, 1.54) is 0 Å². The summed E-state index contributed by atoms with van der Waals surface area (Å²) >= 11 is 1.75. The summed E-state index contributed by atoms with van der Waals surface area (Å²) in [6.07, 6.45) is -0.181. The summed E-state index contributed by atoms with van der Waals surface area (Å²) in [5.74, 6) is 0.394. The zero-order valence-electron chi connectivity index (χ0n) is 15.4. The highest BCUT2D eigenvalue weighted by Crippen LogP contribution is 2.58. The molecule has 0 amide bonds. The van der Waals surface area contributed by atoms with Crippen molar-refractivity contribution in [1.82, 2.24) is 14.9 Å². The molecule has 3 rings (SSSR count). The number of rotatable bonds is 6. The van der Waals surface area contributed by atoms with Crippen LogP contribution in [0.3, 0.4) is 0 Å². The third kappa shape index (κ3) is 4.65. The standard InChI is InChI=1S/C17H27F3N4OS/c1-15(2,3)26-21-10-11-4-6-12(7-5-11)22-14-23-13(24-25-14)16(8-9-16)17(18,19)20/h11-12,21H,4-10H2,1-3H3,(H,22,23,24). The van der Waals surface area contributed by atoms with Crippen LogP contribution in [0.25, 0.3) is 0 Å². The maximum Gasteiger partial charge on any atom is 0.401 e. The molecule has 2 aliphatic rings. The van der Waals surface area contributed by atoms with Gasteiger partial charge in [0.25, 0.3) is 0 Å². The molecule has 1 aromatic rings. The molecule has 2 aliphatic carbocycles. The highest BCUT2D eigenvalue weighted by Gasteiger charge is 2.67. The fraction of sp³-hybridized carbons (Fsp3) is 0.882. The second-order valence-corrected chi connectivity index (χ2v) is 10.1. The Kier molecular flexibility index (Phi) is 5.50. The number of aromatic nitrogens is 2. The molecule has 0 aromatic carbocycles. The summed E-state index contributed by atoms with van der Waals surface area (Å²) < 4.78 is 48.0. The average molecular weight is 392 g/mol. The van der Waals surface area contributed by atoms with E-state index >= 15 is 0 Å². The number of halogens is 3. The molecular formula is C17H27F3N4OS. The molecule has 0 spiro atoms. The molecule has 0 unspecified atom stereocenters. The topological polar surface area (TPSA) is 63.0 Å².